The van der Waals surface area contributed by atoms with Crippen LogP contribution in [0.15, 0.2) is 12.1 Å². The van der Waals surface area contributed by atoms with Crippen molar-refractivity contribution >= 4 is 6.29 Å². The first-order chi connectivity index (χ1) is 7.04. The van der Waals surface area contributed by atoms with Crippen LogP contribution < -0.4 is 5.73 Å². The molecule has 0 saturated carbocycles. The fourth-order valence-electron chi connectivity index (χ4n) is 1.21. The highest BCUT2D eigenvalue weighted by molar-refractivity contribution is 5.50. The summed E-state index contributed by atoms with van der Waals surface area (Å²) in [5.41, 5.74) is 5.43. The molecular weight excluding hydrogens is 207 g/mol. The van der Waals surface area contributed by atoms with Crippen molar-refractivity contribution in [3.63, 3.8) is 0 Å². The van der Waals surface area contributed by atoms with Gasteiger partial charge in [0.05, 0.1) is 0 Å². The number of nitrogens with two attached hydrogens (primary N) is 1. The number of halogens is 3. The van der Waals surface area contributed by atoms with Crippen molar-refractivity contribution in [3.8, 4) is 0 Å². The fourth-order valence-corrected chi connectivity index (χ4v) is 1.21. The number of carbonyl (C=O) groups is 1. The first-order valence-corrected chi connectivity index (χ1v) is 4.37. The summed E-state index contributed by atoms with van der Waals surface area (Å²) >= 11 is 0. The van der Waals surface area contributed by atoms with Crippen LogP contribution in [-0.2, 0) is 11.2 Å². The molecule has 5 heteroatoms. The molecule has 1 rings (SSSR count). The van der Waals surface area contributed by atoms with Crippen molar-refractivity contribution in [3.05, 3.63) is 35.1 Å². The van der Waals surface area contributed by atoms with E-state index in [1.165, 1.54) is 0 Å². The average Bonchev–Trinajstić information content (AvgIpc) is 2.14. The molecule has 0 aromatic heterocycles. The summed E-state index contributed by atoms with van der Waals surface area (Å²) in [5.74, 6) is -3.21. The maximum absolute atomic E-state index is 13.1. The minimum Gasteiger partial charge on any atom is -0.327 e. The maximum atomic E-state index is 13.1. The minimum absolute atomic E-state index is 0.00176. The van der Waals surface area contributed by atoms with Crippen LogP contribution in [0, 0.1) is 17.5 Å². The third-order valence-corrected chi connectivity index (χ3v) is 1.97. The summed E-state index contributed by atoms with van der Waals surface area (Å²) in [6.07, 6.45) is 0.655. The Kier molecular flexibility index (Phi) is 3.85. The number of hydrogen-bond acceptors (Lipinski definition) is 2. The van der Waals surface area contributed by atoms with Gasteiger partial charge in [-0.05, 0) is 18.1 Å². The van der Waals surface area contributed by atoms with E-state index in [4.69, 9.17) is 5.73 Å². The zero-order chi connectivity index (χ0) is 11.4. The lowest BCUT2D eigenvalue weighted by Crippen LogP contribution is -2.23. The van der Waals surface area contributed by atoms with Crippen molar-refractivity contribution in [1.82, 2.24) is 0 Å². The molecule has 0 spiro atoms. The molecule has 0 fully saturated rings. The van der Waals surface area contributed by atoms with Gasteiger partial charge < -0.3 is 10.5 Å². The van der Waals surface area contributed by atoms with E-state index < -0.39 is 23.5 Å². The summed E-state index contributed by atoms with van der Waals surface area (Å²) in [4.78, 5) is 10.1. The van der Waals surface area contributed by atoms with Gasteiger partial charge in [0.15, 0.2) is 11.6 Å². The lowest BCUT2D eigenvalue weighted by molar-refractivity contribution is -0.108. The molecule has 0 unspecified atom stereocenters. The van der Waals surface area contributed by atoms with E-state index in [0.717, 1.165) is 6.07 Å². The summed E-state index contributed by atoms with van der Waals surface area (Å²) in [6, 6.07) is 0.648. The lowest BCUT2D eigenvalue weighted by Gasteiger charge is -2.09. The molecule has 1 atom stereocenters. The Hall–Kier alpha value is -1.36. The van der Waals surface area contributed by atoms with Crippen LogP contribution >= 0.6 is 0 Å². The molecule has 0 radical (unpaired) electrons. The Balaban J connectivity index is 2.85. The quantitative estimate of drug-likeness (QED) is 0.614. The summed E-state index contributed by atoms with van der Waals surface area (Å²) in [5, 5.41) is 0. The molecule has 0 amide bonds. The van der Waals surface area contributed by atoms with Crippen LogP contribution in [0.3, 0.4) is 0 Å². The summed E-state index contributed by atoms with van der Waals surface area (Å²) in [7, 11) is 0. The Bertz CT molecular complexity index is 368. The van der Waals surface area contributed by atoms with Gasteiger partial charge in [-0.2, -0.15) is 0 Å². The van der Waals surface area contributed by atoms with E-state index in [1.807, 2.05) is 0 Å². The normalized spacial score (nSPS) is 12.5. The van der Waals surface area contributed by atoms with Gasteiger partial charge in [0, 0.05) is 18.5 Å². The zero-order valence-electron chi connectivity index (χ0n) is 7.84. The monoisotopic (exact) mass is 217 g/mol. The predicted octanol–water partition coefficient (Wildman–Crippen LogP) is 1.56. The largest absolute Gasteiger partial charge is 0.327 e. The van der Waals surface area contributed by atoms with Gasteiger partial charge in [0.2, 0.25) is 0 Å². The molecule has 15 heavy (non-hydrogen) atoms. The number of rotatable bonds is 4. The Morgan fingerprint density at radius 1 is 1.20 bits per heavy atom. The highest BCUT2D eigenvalue weighted by Gasteiger charge is 2.12. The minimum atomic E-state index is -1.24. The Morgan fingerprint density at radius 2 is 1.80 bits per heavy atom. The van der Waals surface area contributed by atoms with Crippen molar-refractivity contribution in [2.45, 2.75) is 18.9 Å². The molecule has 0 aliphatic heterocycles. The van der Waals surface area contributed by atoms with Gasteiger partial charge in [-0.1, -0.05) is 0 Å². The summed E-state index contributed by atoms with van der Waals surface area (Å²) < 4.78 is 38.4. The topological polar surface area (TPSA) is 43.1 Å². The second-order valence-electron chi connectivity index (χ2n) is 3.22. The van der Waals surface area contributed by atoms with Crippen molar-refractivity contribution in [2.24, 2.45) is 5.73 Å². The number of carbonyl (C=O) groups excluding carboxylic acids is 1. The molecule has 0 saturated heterocycles. The molecular formula is C10H10F3NO. The molecule has 82 valence electrons. The van der Waals surface area contributed by atoms with Crippen LogP contribution in [0.4, 0.5) is 13.2 Å². The standard InChI is InChI=1S/C10H10F3NO/c11-8-5-10(13)9(12)4-6(8)3-7(14)1-2-15/h2,4-5,7H,1,3,14H2/t7-/m0/s1. The van der Waals surface area contributed by atoms with E-state index in [1.54, 1.807) is 0 Å². The molecule has 0 heterocycles. The number of benzene rings is 1. The van der Waals surface area contributed by atoms with Gasteiger partial charge in [0.25, 0.3) is 0 Å². The Labute approximate surface area is 84.9 Å². The van der Waals surface area contributed by atoms with Crippen molar-refractivity contribution < 1.29 is 18.0 Å². The predicted molar refractivity (Wildman–Crippen MR) is 48.7 cm³/mol. The first-order valence-electron chi connectivity index (χ1n) is 4.37. The molecule has 1 aromatic carbocycles. The molecule has 2 nitrogen and oxygen atoms in total. The van der Waals surface area contributed by atoms with Gasteiger partial charge in [-0.25, -0.2) is 13.2 Å². The fraction of sp³-hybridized carbons (Fsp3) is 0.300. The third-order valence-electron chi connectivity index (χ3n) is 1.97. The molecule has 0 bridgehead atoms. The highest BCUT2D eigenvalue weighted by atomic mass is 19.2. The van der Waals surface area contributed by atoms with Gasteiger partial charge >= 0.3 is 0 Å². The van der Waals surface area contributed by atoms with E-state index in [-0.39, 0.29) is 18.4 Å². The smallest absolute Gasteiger partial charge is 0.161 e. The van der Waals surface area contributed by atoms with Gasteiger partial charge in [-0.15, -0.1) is 0 Å². The number of aldehydes is 1. The Morgan fingerprint density at radius 3 is 2.40 bits per heavy atom. The van der Waals surface area contributed by atoms with E-state index in [2.05, 4.69) is 0 Å². The summed E-state index contributed by atoms with van der Waals surface area (Å²) in [6.45, 7) is 0. The first kappa shape index (κ1) is 11.7. The van der Waals surface area contributed by atoms with Crippen molar-refractivity contribution in [2.75, 3.05) is 0 Å². The second-order valence-corrected chi connectivity index (χ2v) is 3.22. The highest BCUT2D eigenvalue weighted by Crippen LogP contribution is 2.15. The van der Waals surface area contributed by atoms with E-state index in [0.29, 0.717) is 12.4 Å². The second kappa shape index (κ2) is 4.93. The molecule has 2 N–H and O–H groups in total. The molecule has 0 aliphatic rings. The zero-order valence-corrected chi connectivity index (χ0v) is 7.84. The van der Waals surface area contributed by atoms with Gasteiger partial charge in [0.1, 0.15) is 12.1 Å². The van der Waals surface area contributed by atoms with Crippen molar-refractivity contribution in [1.29, 1.82) is 0 Å². The number of hydrogen-bond donors (Lipinski definition) is 1. The van der Waals surface area contributed by atoms with Crippen LogP contribution in [0.1, 0.15) is 12.0 Å². The molecule has 0 aliphatic carbocycles. The third kappa shape index (κ3) is 3.06. The SMILES string of the molecule is N[C@@H](CC=O)Cc1cc(F)c(F)cc1F. The van der Waals surface area contributed by atoms with Crippen LogP contribution in [0.25, 0.3) is 0 Å². The molecule has 1 aromatic rings. The van der Waals surface area contributed by atoms with E-state index in [9.17, 15) is 18.0 Å². The van der Waals surface area contributed by atoms with Gasteiger partial charge in [-0.3, -0.25) is 0 Å². The average molecular weight is 217 g/mol. The van der Waals surface area contributed by atoms with Crippen LogP contribution in [0.5, 0.6) is 0 Å². The maximum Gasteiger partial charge on any atom is 0.161 e. The lowest BCUT2D eigenvalue weighted by atomic mass is 10.0. The van der Waals surface area contributed by atoms with E-state index >= 15 is 0 Å². The van der Waals surface area contributed by atoms with Crippen LogP contribution in [0.2, 0.25) is 0 Å². The van der Waals surface area contributed by atoms with Crippen LogP contribution in [-0.4, -0.2) is 12.3 Å².